The second-order valence-corrected chi connectivity index (χ2v) is 7.15. The number of fused-ring (bicyclic) bond motifs is 1. The Labute approximate surface area is 180 Å². The van der Waals surface area contributed by atoms with E-state index in [1.807, 2.05) is 53.4 Å². The van der Waals surface area contributed by atoms with E-state index in [-0.39, 0.29) is 0 Å². The molecule has 1 aliphatic heterocycles. The maximum atomic E-state index is 13.0. The number of hydrogen-bond donors (Lipinski definition) is 1. The van der Waals surface area contributed by atoms with E-state index >= 15 is 0 Å². The maximum absolute atomic E-state index is 13.0. The monoisotopic (exact) mass is 417 g/mol. The summed E-state index contributed by atoms with van der Waals surface area (Å²) in [5.41, 5.74) is 2.65. The molecule has 8 heteroatoms. The largest absolute Gasteiger partial charge is 0.497 e. The molecule has 1 fully saturated rings. The lowest BCUT2D eigenvalue weighted by Gasteiger charge is -2.29. The molecule has 1 atom stereocenters. The third-order valence-electron chi connectivity index (χ3n) is 5.18. The minimum absolute atomic E-state index is 0.301. The number of nitrogens with one attached hydrogen (secondary N) is 1. The third-order valence-corrected chi connectivity index (χ3v) is 5.18. The molecular formula is C23H23N5O3. The first-order valence-electron chi connectivity index (χ1n) is 10.1. The predicted molar refractivity (Wildman–Crippen MR) is 116 cm³/mol. The van der Waals surface area contributed by atoms with Gasteiger partial charge in [-0.15, -0.1) is 0 Å². The fourth-order valence-corrected chi connectivity index (χ4v) is 3.48. The Morgan fingerprint density at radius 2 is 1.84 bits per heavy atom. The van der Waals surface area contributed by atoms with Gasteiger partial charge in [0.15, 0.2) is 11.7 Å². The number of aromatic nitrogens is 2. The van der Waals surface area contributed by atoms with Crippen LogP contribution in [0.25, 0.3) is 11.0 Å². The smallest absolute Gasteiger partial charge is 0.243 e. The first kappa shape index (κ1) is 20.6. The van der Waals surface area contributed by atoms with E-state index in [9.17, 15) is 10.1 Å². The van der Waals surface area contributed by atoms with Gasteiger partial charge in [0.25, 0.3) is 0 Å². The van der Waals surface area contributed by atoms with Gasteiger partial charge in [0, 0.05) is 19.6 Å². The van der Waals surface area contributed by atoms with Crippen molar-refractivity contribution in [1.82, 2.24) is 15.3 Å². The molecule has 2 aromatic carbocycles. The number of methoxy groups -OCH3 is 1. The summed E-state index contributed by atoms with van der Waals surface area (Å²) < 4.78 is 10.6. The number of benzene rings is 2. The van der Waals surface area contributed by atoms with Crippen molar-refractivity contribution in [3.05, 3.63) is 59.8 Å². The van der Waals surface area contributed by atoms with Crippen molar-refractivity contribution < 1.29 is 14.3 Å². The van der Waals surface area contributed by atoms with Gasteiger partial charge in [-0.25, -0.2) is 9.97 Å². The van der Waals surface area contributed by atoms with E-state index in [2.05, 4.69) is 16.4 Å². The summed E-state index contributed by atoms with van der Waals surface area (Å²) in [6.45, 7) is 2.69. The standard InChI is InChI=1S/C23H23N5O3/c1-30-17-8-6-16(7-9-17)15-25-23(29)18(14-24)21-22(28-10-12-31-13-11-28)27-20-5-3-2-4-19(20)26-21/h2-9,18H,10-13,15H2,1H3,(H,25,29)/t18-/m0/s1. The number of carbonyl (C=O) groups is 1. The van der Waals surface area contributed by atoms with Crippen molar-refractivity contribution in [2.45, 2.75) is 12.5 Å². The molecule has 0 saturated carbocycles. The first-order valence-corrected chi connectivity index (χ1v) is 10.1. The normalized spacial score (nSPS) is 14.6. The van der Waals surface area contributed by atoms with Gasteiger partial charge in [-0.1, -0.05) is 24.3 Å². The van der Waals surface area contributed by atoms with E-state index < -0.39 is 11.8 Å². The number of hydrogen-bond acceptors (Lipinski definition) is 7. The maximum Gasteiger partial charge on any atom is 0.243 e. The summed E-state index contributed by atoms with van der Waals surface area (Å²) >= 11 is 0. The summed E-state index contributed by atoms with van der Waals surface area (Å²) in [4.78, 5) is 24.4. The Morgan fingerprint density at radius 3 is 2.48 bits per heavy atom. The number of morpholine rings is 1. The molecule has 0 bridgehead atoms. The number of carbonyl (C=O) groups excluding carboxylic acids is 1. The number of nitriles is 1. The average Bonchev–Trinajstić information content (AvgIpc) is 2.83. The average molecular weight is 417 g/mol. The van der Waals surface area contributed by atoms with Gasteiger partial charge in [-0.3, -0.25) is 4.79 Å². The summed E-state index contributed by atoms with van der Waals surface area (Å²) in [6, 6.07) is 17.0. The molecule has 1 aliphatic rings. The molecule has 0 aliphatic carbocycles. The minimum atomic E-state index is -1.08. The van der Waals surface area contributed by atoms with Crippen molar-refractivity contribution in [3.63, 3.8) is 0 Å². The number of amides is 1. The van der Waals surface area contributed by atoms with Gasteiger partial charge in [-0.05, 0) is 29.8 Å². The van der Waals surface area contributed by atoms with Crippen molar-refractivity contribution in [3.8, 4) is 11.8 Å². The van der Waals surface area contributed by atoms with Crippen LogP contribution in [0.3, 0.4) is 0 Å². The van der Waals surface area contributed by atoms with Gasteiger partial charge < -0.3 is 19.7 Å². The van der Waals surface area contributed by atoms with E-state index in [1.54, 1.807) is 7.11 Å². The van der Waals surface area contributed by atoms with E-state index in [0.717, 1.165) is 16.8 Å². The highest BCUT2D eigenvalue weighted by atomic mass is 16.5. The Hall–Kier alpha value is -3.70. The zero-order chi connectivity index (χ0) is 21.6. The third kappa shape index (κ3) is 4.57. The quantitative estimate of drug-likeness (QED) is 0.657. The SMILES string of the molecule is COc1ccc(CNC(=O)[C@@H](C#N)c2nc3ccccc3nc2N2CCOCC2)cc1. The van der Waals surface area contributed by atoms with Crippen molar-refractivity contribution >= 4 is 22.8 Å². The van der Waals surface area contributed by atoms with E-state index in [0.29, 0.717) is 49.9 Å². The van der Waals surface area contributed by atoms with E-state index in [1.165, 1.54) is 0 Å². The van der Waals surface area contributed by atoms with Gasteiger partial charge >= 0.3 is 0 Å². The summed E-state index contributed by atoms with van der Waals surface area (Å²) in [5.74, 6) is -0.176. The number of anilines is 1. The lowest BCUT2D eigenvalue weighted by molar-refractivity contribution is -0.121. The Balaban J connectivity index is 1.62. The highest BCUT2D eigenvalue weighted by Gasteiger charge is 2.29. The first-order chi connectivity index (χ1) is 15.2. The van der Waals surface area contributed by atoms with Crippen LogP contribution in [0.1, 0.15) is 17.2 Å². The lowest BCUT2D eigenvalue weighted by atomic mass is 10.0. The van der Waals surface area contributed by atoms with Gasteiger partial charge in [-0.2, -0.15) is 5.26 Å². The summed E-state index contributed by atoms with van der Waals surface area (Å²) in [5, 5.41) is 12.7. The molecule has 8 nitrogen and oxygen atoms in total. The molecule has 0 unspecified atom stereocenters. The number of ether oxygens (including phenoxy) is 2. The predicted octanol–water partition coefficient (Wildman–Crippen LogP) is 2.40. The zero-order valence-corrected chi connectivity index (χ0v) is 17.2. The molecule has 2 heterocycles. The molecule has 3 aromatic rings. The summed E-state index contributed by atoms with van der Waals surface area (Å²) in [7, 11) is 1.60. The van der Waals surface area contributed by atoms with Crippen LogP contribution in [-0.2, 0) is 16.1 Å². The van der Waals surface area contributed by atoms with Crippen molar-refractivity contribution in [2.75, 3.05) is 38.3 Å². The number of para-hydroxylation sites is 2. The van der Waals surface area contributed by atoms with Crippen molar-refractivity contribution in [1.29, 1.82) is 5.26 Å². The molecular weight excluding hydrogens is 394 g/mol. The fraction of sp³-hybridized carbons (Fsp3) is 0.304. The Morgan fingerprint density at radius 1 is 1.16 bits per heavy atom. The second-order valence-electron chi connectivity index (χ2n) is 7.15. The summed E-state index contributed by atoms with van der Waals surface area (Å²) in [6.07, 6.45) is 0. The van der Waals surface area contributed by atoms with Crippen LogP contribution in [0, 0.1) is 11.3 Å². The molecule has 4 rings (SSSR count). The van der Waals surface area contributed by atoms with Gasteiger partial charge in [0.2, 0.25) is 5.91 Å². The lowest BCUT2D eigenvalue weighted by Crippen LogP contribution is -2.38. The zero-order valence-electron chi connectivity index (χ0n) is 17.2. The Kier molecular flexibility index (Phi) is 6.24. The molecule has 31 heavy (non-hydrogen) atoms. The highest BCUT2D eigenvalue weighted by molar-refractivity contribution is 5.88. The van der Waals surface area contributed by atoms with Gasteiger partial charge in [0.1, 0.15) is 11.4 Å². The topological polar surface area (TPSA) is 100 Å². The van der Waals surface area contributed by atoms with Crippen LogP contribution >= 0.6 is 0 Å². The Bertz CT molecular complexity index is 1100. The molecule has 1 aromatic heterocycles. The molecule has 158 valence electrons. The molecule has 1 amide bonds. The van der Waals surface area contributed by atoms with Crippen molar-refractivity contribution in [2.24, 2.45) is 0 Å². The molecule has 0 radical (unpaired) electrons. The van der Waals surface area contributed by atoms with Gasteiger partial charge in [0.05, 0.1) is 37.4 Å². The van der Waals surface area contributed by atoms with Crippen LogP contribution < -0.4 is 15.0 Å². The number of rotatable bonds is 6. The minimum Gasteiger partial charge on any atom is -0.497 e. The highest BCUT2D eigenvalue weighted by Crippen LogP contribution is 2.28. The van der Waals surface area contributed by atoms with Crippen LogP contribution in [-0.4, -0.2) is 49.3 Å². The van der Waals surface area contributed by atoms with Crippen LogP contribution in [0.5, 0.6) is 5.75 Å². The van der Waals surface area contributed by atoms with Crippen LogP contribution in [0.15, 0.2) is 48.5 Å². The molecule has 0 spiro atoms. The second kappa shape index (κ2) is 9.41. The fourth-order valence-electron chi connectivity index (χ4n) is 3.48. The van der Waals surface area contributed by atoms with E-state index in [4.69, 9.17) is 14.5 Å². The number of nitrogens with zero attached hydrogens (tertiary/aromatic N) is 4. The van der Waals surface area contributed by atoms with Crippen LogP contribution in [0.4, 0.5) is 5.82 Å². The molecule has 1 N–H and O–H groups in total. The molecule has 1 saturated heterocycles. The van der Waals surface area contributed by atoms with Crippen LogP contribution in [0.2, 0.25) is 0 Å².